The monoisotopic (exact) mass is 440 g/mol. The van der Waals surface area contributed by atoms with Crippen molar-refractivity contribution >= 4 is 29.7 Å². The van der Waals surface area contributed by atoms with Gasteiger partial charge in [-0.1, -0.05) is 13.8 Å². The number of likely N-dealkylation sites (tertiary alicyclic amines) is 2. The molecule has 5 N–H and O–H groups in total. The maximum Gasteiger partial charge on any atom is 0.326 e. The van der Waals surface area contributed by atoms with E-state index in [2.05, 4.69) is 5.32 Å². The van der Waals surface area contributed by atoms with Crippen molar-refractivity contribution in [2.75, 3.05) is 13.1 Å². The molecule has 0 aromatic carbocycles. The molecule has 0 aromatic heterocycles. The average Bonchev–Trinajstić information content (AvgIpc) is 3.34. The van der Waals surface area contributed by atoms with Crippen LogP contribution in [0.5, 0.6) is 0 Å². The van der Waals surface area contributed by atoms with Gasteiger partial charge in [0.15, 0.2) is 0 Å². The Morgan fingerprint density at radius 1 is 1.00 bits per heavy atom. The van der Waals surface area contributed by atoms with Crippen LogP contribution in [0.25, 0.3) is 0 Å². The molecule has 0 aromatic rings. The molecule has 3 amide bonds. The van der Waals surface area contributed by atoms with Gasteiger partial charge in [-0.25, -0.2) is 4.79 Å². The molecule has 4 atom stereocenters. The first-order valence-electron chi connectivity index (χ1n) is 10.6. The number of aliphatic carboxylic acids is 2. The lowest BCUT2D eigenvalue weighted by Crippen LogP contribution is -2.56. The molecule has 4 unspecified atom stereocenters. The molecule has 0 saturated carbocycles. The van der Waals surface area contributed by atoms with E-state index < -0.39 is 48.4 Å². The highest BCUT2D eigenvalue weighted by Gasteiger charge is 2.43. The Hall–Kier alpha value is -2.69. The lowest BCUT2D eigenvalue weighted by atomic mass is 10.0. The number of carboxylic acid groups (broad SMARTS) is 2. The first-order chi connectivity index (χ1) is 14.5. The Labute approximate surface area is 180 Å². The van der Waals surface area contributed by atoms with E-state index in [9.17, 15) is 24.0 Å². The van der Waals surface area contributed by atoms with E-state index >= 15 is 0 Å². The summed E-state index contributed by atoms with van der Waals surface area (Å²) in [5, 5.41) is 20.2. The summed E-state index contributed by atoms with van der Waals surface area (Å²) in [5.74, 6) is -3.92. The van der Waals surface area contributed by atoms with Crippen LogP contribution < -0.4 is 11.1 Å². The third kappa shape index (κ3) is 6.16. The van der Waals surface area contributed by atoms with Crippen molar-refractivity contribution < 1.29 is 34.2 Å². The van der Waals surface area contributed by atoms with Crippen LogP contribution in [0.2, 0.25) is 0 Å². The number of hydrogen-bond acceptors (Lipinski definition) is 6. The maximum absolute atomic E-state index is 13.2. The second-order valence-corrected chi connectivity index (χ2v) is 8.61. The average molecular weight is 440 g/mol. The van der Waals surface area contributed by atoms with Gasteiger partial charge in [-0.2, -0.15) is 0 Å². The van der Waals surface area contributed by atoms with E-state index in [1.54, 1.807) is 0 Å². The van der Waals surface area contributed by atoms with Gasteiger partial charge in [-0.15, -0.1) is 0 Å². The normalized spacial score (nSPS) is 23.0. The highest BCUT2D eigenvalue weighted by molar-refractivity contribution is 5.95. The summed E-state index contributed by atoms with van der Waals surface area (Å²) in [6, 6.07) is -3.88. The lowest BCUT2D eigenvalue weighted by molar-refractivity contribution is -0.149. The van der Waals surface area contributed by atoms with Crippen LogP contribution in [0.15, 0.2) is 0 Å². The zero-order valence-electron chi connectivity index (χ0n) is 18.0. The quantitative estimate of drug-likeness (QED) is 0.368. The Morgan fingerprint density at radius 2 is 1.58 bits per heavy atom. The number of carbonyl (C=O) groups excluding carboxylic acids is 3. The third-order valence-electron chi connectivity index (χ3n) is 5.70. The highest BCUT2D eigenvalue weighted by Crippen LogP contribution is 2.26. The molecule has 2 fully saturated rings. The molecule has 11 heteroatoms. The predicted molar refractivity (Wildman–Crippen MR) is 109 cm³/mol. The summed E-state index contributed by atoms with van der Waals surface area (Å²) in [4.78, 5) is 63.6. The lowest BCUT2D eigenvalue weighted by Gasteiger charge is -2.32. The van der Waals surface area contributed by atoms with Gasteiger partial charge in [0.05, 0.1) is 12.5 Å². The van der Waals surface area contributed by atoms with Crippen molar-refractivity contribution in [3.05, 3.63) is 0 Å². The molecule has 2 aliphatic rings. The van der Waals surface area contributed by atoms with Crippen molar-refractivity contribution in [3.63, 3.8) is 0 Å². The highest BCUT2D eigenvalue weighted by atomic mass is 16.4. The predicted octanol–water partition coefficient (Wildman–Crippen LogP) is -0.614. The van der Waals surface area contributed by atoms with Gasteiger partial charge in [-0.3, -0.25) is 19.2 Å². The molecule has 0 aliphatic carbocycles. The molecular formula is C20H32N4O7. The molecule has 2 rings (SSSR count). The van der Waals surface area contributed by atoms with E-state index in [4.69, 9.17) is 15.9 Å². The fraction of sp³-hybridized carbons (Fsp3) is 0.750. The van der Waals surface area contributed by atoms with Crippen LogP contribution in [0, 0.1) is 5.92 Å². The molecule has 0 spiro atoms. The minimum absolute atomic E-state index is 0.232. The van der Waals surface area contributed by atoms with Crippen LogP contribution in [-0.4, -0.2) is 86.9 Å². The Balaban J connectivity index is 2.09. The van der Waals surface area contributed by atoms with Crippen LogP contribution in [0.3, 0.4) is 0 Å². The molecular weight excluding hydrogens is 408 g/mol. The van der Waals surface area contributed by atoms with Crippen molar-refractivity contribution in [1.82, 2.24) is 15.1 Å². The van der Waals surface area contributed by atoms with Crippen LogP contribution >= 0.6 is 0 Å². The van der Waals surface area contributed by atoms with Crippen molar-refractivity contribution in [1.29, 1.82) is 0 Å². The summed E-state index contributed by atoms with van der Waals surface area (Å²) < 4.78 is 0. The molecule has 2 heterocycles. The minimum atomic E-state index is -1.58. The van der Waals surface area contributed by atoms with Gasteiger partial charge in [0.25, 0.3) is 0 Å². The molecule has 0 radical (unpaired) electrons. The SMILES string of the molecule is CC(C)CC(N)C(=O)N1CCCC1C(=O)N1CCCC1C(=O)NC(CC(=O)O)C(=O)O. The van der Waals surface area contributed by atoms with Gasteiger partial charge >= 0.3 is 11.9 Å². The zero-order chi connectivity index (χ0) is 23.3. The topological polar surface area (TPSA) is 170 Å². The number of carbonyl (C=O) groups is 5. The summed E-state index contributed by atoms with van der Waals surface area (Å²) in [5.41, 5.74) is 6.03. The van der Waals surface area contributed by atoms with E-state index in [0.717, 1.165) is 0 Å². The minimum Gasteiger partial charge on any atom is -0.481 e. The molecule has 11 nitrogen and oxygen atoms in total. The first-order valence-corrected chi connectivity index (χ1v) is 10.6. The summed E-state index contributed by atoms with van der Waals surface area (Å²) in [7, 11) is 0. The standard InChI is InChI=1S/C20H32N4O7/c1-11(2)9-12(21)18(28)24-8-4-6-15(24)19(29)23-7-3-5-14(23)17(27)22-13(20(30)31)10-16(25)26/h11-15H,3-10,21H2,1-2H3,(H,22,27)(H,25,26)(H,30,31). The number of nitrogens with two attached hydrogens (primary N) is 1. The second kappa shape index (κ2) is 10.6. The van der Waals surface area contributed by atoms with Crippen molar-refractivity contribution in [2.24, 2.45) is 11.7 Å². The van der Waals surface area contributed by atoms with Crippen LogP contribution in [0.1, 0.15) is 52.4 Å². The maximum atomic E-state index is 13.2. The van der Waals surface area contributed by atoms with Crippen molar-refractivity contribution in [2.45, 2.75) is 76.5 Å². The summed E-state index contributed by atoms with van der Waals surface area (Å²) >= 11 is 0. The Kier molecular flexibility index (Phi) is 8.37. The van der Waals surface area contributed by atoms with E-state index in [1.165, 1.54) is 9.80 Å². The van der Waals surface area contributed by atoms with Gasteiger partial charge in [0, 0.05) is 13.1 Å². The molecule has 0 bridgehead atoms. The Bertz CT molecular complexity index is 726. The van der Waals surface area contributed by atoms with Crippen LogP contribution in [-0.2, 0) is 24.0 Å². The van der Waals surface area contributed by atoms with E-state index in [-0.39, 0.29) is 17.7 Å². The van der Waals surface area contributed by atoms with Gasteiger partial charge in [0.2, 0.25) is 17.7 Å². The number of nitrogens with zero attached hydrogens (tertiary/aromatic N) is 2. The summed E-state index contributed by atoms with van der Waals surface area (Å²) in [6.07, 6.45) is 1.76. The van der Waals surface area contributed by atoms with Gasteiger partial charge in [0.1, 0.15) is 18.1 Å². The largest absolute Gasteiger partial charge is 0.481 e. The van der Waals surface area contributed by atoms with Gasteiger partial charge in [-0.05, 0) is 38.0 Å². The Morgan fingerprint density at radius 3 is 2.13 bits per heavy atom. The molecule has 2 saturated heterocycles. The van der Waals surface area contributed by atoms with E-state index in [1.807, 2.05) is 13.8 Å². The van der Waals surface area contributed by atoms with E-state index in [0.29, 0.717) is 45.2 Å². The smallest absolute Gasteiger partial charge is 0.326 e. The molecule has 31 heavy (non-hydrogen) atoms. The third-order valence-corrected chi connectivity index (χ3v) is 5.70. The first kappa shape index (κ1) is 24.6. The molecule has 174 valence electrons. The fourth-order valence-corrected chi connectivity index (χ4v) is 4.25. The van der Waals surface area contributed by atoms with Crippen molar-refractivity contribution in [3.8, 4) is 0 Å². The number of rotatable bonds is 9. The number of hydrogen-bond donors (Lipinski definition) is 4. The fourth-order valence-electron chi connectivity index (χ4n) is 4.25. The number of carboxylic acids is 2. The number of amides is 3. The summed E-state index contributed by atoms with van der Waals surface area (Å²) in [6.45, 7) is 4.65. The zero-order valence-corrected chi connectivity index (χ0v) is 18.0. The van der Waals surface area contributed by atoms with Crippen LogP contribution in [0.4, 0.5) is 0 Å². The number of nitrogens with one attached hydrogen (secondary N) is 1. The second-order valence-electron chi connectivity index (χ2n) is 8.61. The molecule has 2 aliphatic heterocycles. The van der Waals surface area contributed by atoms with Gasteiger partial charge < -0.3 is 31.1 Å².